The molecule has 2 amide bonds. The Morgan fingerprint density at radius 2 is 1.83 bits per heavy atom. The summed E-state index contributed by atoms with van der Waals surface area (Å²) < 4.78 is 34.8. The van der Waals surface area contributed by atoms with Gasteiger partial charge in [-0.2, -0.15) is 4.72 Å². The largest absolute Gasteiger partial charge is 0.464 e. The molecule has 13 heteroatoms. The maximum absolute atomic E-state index is 14.3. The van der Waals surface area contributed by atoms with E-state index in [0.29, 0.717) is 24.8 Å². The molecule has 3 rings (SSSR count). The molecule has 1 aliphatic heterocycles. The van der Waals surface area contributed by atoms with Gasteiger partial charge < -0.3 is 26.0 Å². The van der Waals surface area contributed by atoms with Gasteiger partial charge in [-0.1, -0.05) is 30.3 Å². The number of piperidine rings is 1. The smallest absolute Gasteiger partial charge is 0.332 e. The fourth-order valence-corrected chi connectivity index (χ4v) is 6.78. The average Bonchev–Trinajstić information content (AvgIpc) is 2.91. The van der Waals surface area contributed by atoms with Crippen LogP contribution in [0.25, 0.3) is 10.8 Å². The first-order valence-corrected chi connectivity index (χ1v) is 15.1. The first-order chi connectivity index (χ1) is 19.2. The van der Waals surface area contributed by atoms with Gasteiger partial charge in [0.2, 0.25) is 21.8 Å². The van der Waals surface area contributed by atoms with E-state index >= 15 is 0 Å². The van der Waals surface area contributed by atoms with Crippen LogP contribution in [0.5, 0.6) is 0 Å². The van der Waals surface area contributed by atoms with Gasteiger partial charge in [0.15, 0.2) is 5.96 Å². The summed E-state index contributed by atoms with van der Waals surface area (Å²) in [5, 5.41) is 9.42. The van der Waals surface area contributed by atoms with Gasteiger partial charge in [-0.15, -0.1) is 0 Å². The fraction of sp³-hybridized carbons (Fsp3) is 0.500. The lowest BCUT2D eigenvalue weighted by molar-refractivity contribution is -0.172. The predicted octanol–water partition coefficient (Wildman–Crippen LogP) is 1.53. The van der Waals surface area contributed by atoms with Crippen molar-refractivity contribution >= 4 is 44.5 Å². The number of hydrogen-bond acceptors (Lipinski definition) is 7. The maximum Gasteiger partial charge on any atom is 0.332 e. The number of fused-ring (bicyclic) bond motifs is 1. The molecule has 1 saturated heterocycles. The van der Waals surface area contributed by atoms with Crippen LogP contribution in [0, 0.1) is 11.3 Å². The van der Waals surface area contributed by atoms with Gasteiger partial charge in [-0.25, -0.2) is 13.2 Å². The van der Waals surface area contributed by atoms with Crippen LogP contribution in [0.1, 0.15) is 47.0 Å². The average molecular weight is 589 g/mol. The number of nitrogens with zero attached hydrogens (tertiary/aromatic N) is 2. The Morgan fingerprint density at radius 1 is 1.17 bits per heavy atom. The van der Waals surface area contributed by atoms with E-state index in [1.165, 1.54) is 17.0 Å². The van der Waals surface area contributed by atoms with Crippen molar-refractivity contribution in [3.8, 4) is 0 Å². The van der Waals surface area contributed by atoms with E-state index in [2.05, 4.69) is 4.72 Å². The summed E-state index contributed by atoms with van der Waals surface area (Å²) in [6.07, 6.45) is 0.510. The predicted molar refractivity (Wildman–Crippen MR) is 155 cm³/mol. The lowest BCUT2D eigenvalue weighted by atomic mass is 9.77. The summed E-state index contributed by atoms with van der Waals surface area (Å²) in [6.45, 7) is 7.41. The van der Waals surface area contributed by atoms with Gasteiger partial charge in [0.05, 0.1) is 17.9 Å². The van der Waals surface area contributed by atoms with Crippen molar-refractivity contribution in [1.82, 2.24) is 14.5 Å². The summed E-state index contributed by atoms with van der Waals surface area (Å²) in [5.41, 5.74) is 9.65. The highest BCUT2D eigenvalue weighted by Gasteiger charge is 2.53. The van der Waals surface area contributed by atoms with Crippen LogP contribution in [0.4, 0.5) is 0 Å². The van der Waals surface area contributed by atoms with Crippen molar-refractivity contribution in [3.63, 3.8) is 0 Å². The highest BCUT2D eigenvalue weighted by Crippen LogP contribution is 2.36. The molecule has 3 atom stereocenters. The van der Waals surface area contributed by atoms with Crippen LogP contribution >= 0.6 is 0 Å². The third-order valence-electron chi connectivity index (χ3n) is 7.53. The Bertz CT molecular complexity index is 1410. The SMILES string of the molecule is CCOC(=O)C(C)([C@H]1CCCN(C(=N)N)C1)N(C(=O)[C@H](CC(N)=O)NS(=O)(=O)c1ccc2ccccc2c1)C(C)C. The molecule has 2 aromatic rings. The molecule has 224 valence electrons. The first-order valence-electron chi connectivity index (χ1n) is 13.6. The van der Waals surface area contributed by atoms with E-state index in [-0.39, 0.29) is 24.0 Å². The van der Waals surface area contributed by atoms with E-state index in [1.807, 2.05) is 12.1 Å². The standard InChI is InChI=1S/C28H40N6O6S/c1-5-40-26(37)28(4,21-11-8-14-33(17-21)27(30)31)34(18(2)3)25(36)23(16-24(29)35)32-41(38,39)22-13-12-19-9-6-7-10-20(19)15-22/h6-7,9-10,12-13,15,18,21,23,32H,5,8,11,14,16-17H2,1-4H3,(H2,29,35)(H3,30,31)/t21-,23-,28?/m0/s1. The number of ether oxygens (including phenoxy) is 1. The number of nitrogens with one attached hydrogen (secondary N) is 2. The van der Waals surface area contributed by atoms with Crippen molar-refractivity contribution < 1.29 is 27.5 Å². The number of esters is 1. The lowest BCUT2D eigenvalue weighted by Gasteiger charge is -2.50. The molecule has 0 aliphatic carbocycles. The highest BCUT2D eigenvalue weighted by atomic mass is 32.2. The molecular formula is C28H40N6O6S. The summed E-state index contributed by atoms with van der Waals surface area (Å²) in [4.78, 5) is 42.8. The number of amides is 2. The third-order valence-corrected chi connectivity index (χ3v) is 9.00. The molecule has 0 aromatic heterocycles. The topological polar surface area (TPSA) is 189 Å². The van der Waals surface area contributed by atoms with Crippen LogP contribution in [0.3, 0.4) is 0 Å². The number of carbonyl (C=O) groups excluding carboxylic acids is 3. The molecule has 0 bridgehead atoms. The summed E-state index contributed by atoms with van der Waals surface area (Å²) in [5.74, 6) is -3.02. The molecule has 1 unspecified atom stereocenters. The number of likely N-dealkylation sites (tertiary alicyclic amines) is 1. The Kier molecular flexibility index (Phi) is 9.98. The van der Waals surface area contributed by atoms with Crippen molar-refractivity contribution in [1.29, 1.82) is 5.41 Å². The maximum atomic E-state index is 14.3. The number of guanidine groups is 1. The Hall–Kier alpha value is -3.71. The zero-order valence-electron chi connectivity index (χ0n) is 23.9. The lowest BCUT2D eigenvalue weighted by Crippen LogP contribution is -2.68. The second-order valence-corrected chi connectivity index (χ2v) is 12.4. The molecule has 1 aliphatic rings. The van der Waals surface area contributed by atoms with Crippen LogP contribution in [0.2, 0.25) is 0 Å². The molecule has 41 heavy (non-hydrogen) atoms. The van der Waals surface area contributed by atoms with Gasteiger partial charge in [-0.05, 0) is 63.4 Å². The van der Waals surface area contributed by atoms with E-state index in [4.69, 9.17) is 21.6 Å². The second kappa shape index (κ2) is 12.9. The molecule has 0 radical (unpaired) electrons. The van der Waals surface area contributed by atoms with Gasteiger partial charge in [0.25, 0.3) is 0 Å². The van der Waals surface area contributed by atoms with Crippen molar-refractivity contribution in [2.24, 2.45) is 17.4 Å². The number of carbonyl (C=O) groups is 3. The van der Waals surface area contributed by atoms with Gasteiger partial charge in [0, 0.05) is 25.0 Å². The van der Waals surface area contributed by atoms with Crippen LogP contribution in [0.15, 0.2) is 47.4 Å². The number of hydrogen-bond donors (Lipinski definition) is 4. The van der Waals surface area contributed by atoms with E-state index in [9.17, 15) is 22.8 Å². The molecule has 12 nitrogen and oxygen atoms in total. The number of sulfonamides is 1. The number of primary amides is 1. The Labute approximate surface area is 240 Å². The van der Waals surface area contributed by atoms with Gasteiger partial charge in [0.1, 0.15) is 11.6 Å². The number of nitrogens with two attached hydrogens (primary N) is 2. The fourth-order valence-electron chi connectivity index (χ4n) is 5.55. The van der Waals surface area contributed by atoms with Gasteiger partial charge >= 0.3 is 5.97 Å². The van der Waals surface area contributed by atoms with Crippen molar-refractivity contribution in [2.75, 3.05) is 19.7 Å². The van der Waals surface area contributed by atoms with E-state index < -0.39 is 57.8 Å². The van der Waals surface area contributed by atoms with Gasteiger partial charge in [-0.3, -0.25) is 15.0 Å². The molecule has 6 N–H and O–H groups in total. The summed E-state index contributed by atoms with van der Waals surface area (Å²) >= 11 is 0. The highest BCUT2D eigenvalue weighted by molar-refractivity contribution is 7.89. The summed E-state index contributed by atoms with van der Waals surface area (Å²) in [6, 6.07) is 9.56. The van der Waals surface area contributed by atoms with Crippen LogP contribution in [-0.2, 0) is 29.1 Å². The van der Waals surface area contributed by atoms with E-state index in [0.717, 1.165) is 5.39 Å². The second-order valence-electron chi connectivity index (χ2n) is 10.7. The minimum absolute atomic E-state index is 0.0526. The molecule has 0 spiro atoms. The van der Waals surface area contributed by atoms with Crippen molar-refractivity contribution in [3.05, 3.63) is 42.5 Å². The molecule has 1 heterocycles. The van der Waals surface area contributed by atoms with Crippen LogP contribution in [-0.4, -0.2) is 79.3 Å². The minimum Gasteiger partial charge on any atom is -0.464 e. The monoisotopic (exact) mass is 588 g/mol. The quantitative estimate of drug-likeness (QED) is 0.173. The van der Waals surface area contributed by atoms with Crippen molar-refractivity contribution in [2.45, 2.75) is 69.5 Å². The number of benzene rings is 2. The summed E-state index contributed by atoms with van der Waals surface area (Å²) in [7, 11) is -4.30. The number of rotatable bonds is 11. The van der Waals surface area contributed by atoms with Crippen LogP contribution < -0.4 is 16.2 Å². The molecule has 0 saturated carbocycles. The third kappa shape index (κ3) is 6.96. The zero-order valence-corrected chi connectivity index (χ0v) is 24.7. The molecular weight excluding hydrogens is 548 g/mol. The Morgan fingerprint density at radius 3 is 2.41 bits per heavy atom. The zero-order chi connectivity index (χ0) is 30.5. The first kappa shape index (κ1) is 31.8. The minimum atomic E-state index is -4.30. The Balaban J connectivity index is 2.06. The van der Waals surface area contributed by atoms with E-state index in [1.54, 1.807) is 50.8 Å². The normalized spacial score (nSPS) is 18.0. The molecule has 1 fully saturated rings. The molecule has 2 aromatic carbocycles.